The maximum atomic E-state index is 11.5. The number of thioether (sulfide) groups is 1. The smallest absolute Gasteiger partial charge is 0.247 e. The summed E-state index contributed by atoms with van der Waals surface area (Å²) in [4.78, 5) is 0. The molecule has 0 saturated carbocycles. The summed E-state index contributed by atoms with van der Waals surface area (Å²) >= 11 is 2.93. The fraction of sp³-hybridized carbons (Fsp3) is 0.692. The molecule has 0 aromatic carbocycles. The molecule has 1 aliphatic rings. The molecule has 1 aliphatic heterocycles. The van der Waals surface area contributed by atoms with Gasteiger partial charge >= 0.3 is 0 Å². The SMILES string of the molecule is CCCNC1c2cc(S(N)(=O)=O)sc2SC1(C)C(C)OC. The Morgan fingerprint density at radius 1 is 1.57 bits per heavy atom. The highest BCUT2D eigenvalue weighted by Crippen LogP contribution is 2.57. The van der Waals surface area contributed by atoms with Gasteiger partial charge in [0.2, 0.25) is 10.0 Å². The van der Waals surface area contributed by atoms with Crippen LogP contribution in [0.2, 0.25) is 0 Å². The van der Waals surface area contributed by atoms with Crippen molar-refractivity contribution in [3.8, 4) is 0 Å². The summed E-state index contributed by atoms with van der Waals surface area (Å²) in [5, 5.41) is 8.77. The van der Waals surface area contributed by atoms with Gasteiger partial charge in [-0.2, -0.15) is 0 Å². The first-order chi connectivity index (χ1) is 9.74. The lowest BCUT2D eigenvalue weighted by Gasteiger charge is -2.36. The Morgan fingerprint density at radius 2 is 2.24 bits per heavy atom. The van der Waals surface area contributed by atoms with Gasteiger partial charge in [0.15, 0.2) is 0 Å². The van der Waals surface area contributed by atoms with Gasteiger partial charge < -0.3 is 10.1 Å². The highest BCUT2D eigenvalue weighted by molar-refractivity contribution is 8.03. The molecule has 120 valence electrons. The van der Waals surface area contributed by atoms with E-state index in [9.17, 15) is 8.42 Å². The number of nitrogens with one attached hydrogen (secondary N) is 1. The monoisotopic (exact) mass is 350 g/mol. The molecule has 1 aromatic heterocycles. The predicted octanol–water partition coefficient (Wildman–Crippen LogP) is 2.34. The number of nitrogens with two attached hydrogens (primary N) is 1. The second-order valence-corrected chi connectivity index (χ2v) is 10.00. The Balaban J connectivity index is 2.41. The van der Waals surface area contributed by atoms with Crippen LogP contribution in [0.5, 0.6) is 0 Å². The van der Waals surface area contributed by atoms with Crippen LogP contribution in [-0.2, 0) is 14.8 Å². The molecular formula is C13H22N2O3S3. The van der Waals surface area contributed by atoms with Gasteiger partial charge in [-0.3, -0.25) is 0 Å². The quantitative estimate of drug-likeness (QED) is 0.823. The van der Waals surface area contributed by atoms with Gasteiger partial charge in [0.25, 0.3) is 0 Å². The number of methoxy groups -OCH3 is 1. The third-order valence-electron chi connectivity index (χ3n) is 3.94. The Hall–Kier alpha value is -0.120. The maximum Gasteiger partial charge on any atom is 0.247 e. The fourth-order valence-electron chi connectivity index (χ4n) is 2.51. The number of ether oxygens (including phenoxy) is 1. The molecule has 1 aromatic rings. The summed E-state index contributed by atoms with van der Waals surface area (Å²) in [6.45, 7) is 7.18. The zero-order chi connectivity index (χ0) is 15.8. The highest BCUT2D eigenvalue weighted by Gasteiger charge is 2.49. The van der Waals surface area contributed by atoms with E-state index < -0.39 is 10.0 Å². The molecule has 5 nitrogen and oxygen atoms in total. The molecule has 3 atom stereocenters. The minimum atomic E-state index is -3.64. The van der Waals surface area contributed by atoms with Crippen molar-refractivity contribution >= 4 is 33.1 Å². The Morgan fingerprint density at radius 3 is 2.76 bits per heavy atom. The van der Waals surface area contributed by atoms with Crippen molar-refractivity contribution < 1.29 is 13.2 Å². The number of fused-ring (bicyclic) bond motifs is 1. The van der Waals surface area contributed by atoms with Crippen LogP contribution < -0.4 is 10.5 Å². The number of thiophene rings is 1. The predicted molar refractivity (Wildman–Crippen MR) is 87.5 cm³/mol. The normalized spacial score (nSPS) is 26.8. The lowest BCUT2D eigenvalue weighted by atomic mass is 9.91. The summed E-state index contributed by atoms with van der Waals surface area (Å²) in [5.41, 5.74) is 1.02. The molecular weight excluding hydrogens is 328 g/mol. The van der Waals surface area contributed by atoms with Crippen LogP contribution >= 0.6 is 23.1 Å². The third kappa shape index (κ3) is 3.16. The van der Waals surface area contributed by atoms with E-state index in [0.29, 0.717) is 0 Å². The van der Waals surface area contributed by atoms with Crippen molar-refractivity contribution in [2.24, 2.45) is 5.14 Å². The van der Waals surface area contributed by atoms with Crippen molar-refractivity contribution in [3.05, 3.63) is 11.6 Å². The third-order valence-corrected chi connectivity index (χ3v) is 8.23. The fourth-order valence-corrected chi connectivity index (χ4v) is 6.59. The van der Waals surface area contributed by atoms with E-state index in [-0.39, 0.29) is 21.1 Å². The number of primary sulfonamides is 1. The molecule has 2 rings (SSSR count). The van der Waals surface area contributed by atoms with Crippen LogP contribution in [0.1, 0.15) is 38.8 Å². The van der Waals surface area contributed by atoms with Crippen LogP contribution in [0.4, 0.5) is 0 Å². The largest absolute Gasteiger partial charge is 0.380 e. The molecule has 0 bridgehead atoms. The number of hydrogen-bond acceptors (Lipinski definition) is 6. The van der Waals surface area contributed by atoms with Gasteiger partial charge in [-0.15, -0.1) is 23.1 Å². The van der Waals surface area contributed by atoms with E-state index >= 15 is 0 Å². The molecule has 0 spiro atoms. The van der Waals surface area contributed by atoms with Crippen molar-refractivity contribution in [2.75, 3.05) is 13.7 Å². The van der Waals surface area contributed by atoms with E-state index in [1.54, 1.807) is 24.9 Å². The second-order valence-electron chi connectivity index (χ2n) is 5.40. The summed E-state index contributed by atoms with van der Waals surface area (Å²) in [5.74, 6) is 0. The van der Waals surface area contributed by atoms with Gasteiger partial charge in [0, 0.05) is 7.11 Å². The molecule has 2 heterocycles. The van der Waals surface area contributed by atoms with Crippen molar-refractivity contribution in [1.82, 2.24) is 5.32 Å². The van der Waals surface area contributed by atoms with Gasteiger partial charge in [0.1, 0.15) is 4.21 Å². The molecule has 0 radical (unpaired) electrons. The van der Waals surface area contributed by atoms with Gasteiger partial charge in [-0.05, 0) is 38.4 Å². The number of sulfonamides is 1. The zero-order valence-electron chi connectivity index (χ0n) is 12.7. The second kappa shape index (κ2) is 6.17. The minimum absolute atomic E-state index is 0.0365. The first-order valence-electron chi connectivity index (χ1n) is 6.85. The van der Waals surface area contributed by atoms with Crippen LogP contribution in [0.25, 0.3) is 0 Å². The molecule has 3 unspecified atom stereocenters. The van der Waals surface area contributed by atoms with Gasteiger partial charge in [-0.1, -0.05) is 6.92 Å². The highest BCUT2D eigenvalue weighted by atomic mass is 32.3. The van der Waals surface area contributed by atoms with Crippen molar-refractivity contribution in [2.45, 2.75) is 52.5 Å². The summed E-state index contributed by atoms with van der Waals surface area (Å²) in [6, 6.07) is 1.77. The van der Waals surface area contributed by atoms with Crippen molar-refractivity contribution in [1.29, 1.82) is 0 Å². The lowest BCUT2D eigenvalue weighted by Crippen LogP contribution is -2.45. The Kier molecular flexibility index (Phi) is 5.07. The van der Waals surface area contributed by atoms with E-state index in [1.807, 2.05) is 6.92 Å². The van der Waals surface area contributed by atoms with E-state index in [2.05, 4.69) is 19.2 Å². The molecule has 0 aliphatic carbocycles. The van der Waals surface area contributed by atoms with Crippen molar-refractivity contribution in [3.63, 3.8) is 0 Å². The molecule has 21 heavy (non-hydrogen) atoms. The van der Waals surface area contributed by atoms with Crippen LogP contribution in [0.15, 0.2) is 14.5 Å². The average Bonchev–Trinajstić information content (AvgIpc) is 2.91. The Labute approximate surface area is 134 Å². The number of rotatable bonds is 6. The Bertz CT molecular complexity index is 614. The van der Waals surface area contributed by atoms with E-state index in [1.165, 1.54) is 11.3 Å². The molecule has 8 heteroatoms. The molecule has 0 saturated heterocycles. The van der Waals surface area contributed by atoms with Crippen LogP contribution in [-0.4, -0.2) is 32.9 Å². The van der Waals surface area contributed by atoms with E-state index in [0.717, 1.165) is 22.7 Å². The summed E-state index contributed by atoms with van der Waals surface area (Å²) < 4.78 is 29.7. The van der Waals surface area contributed by atoms with Crippen LogP contribution in [0, 0.1) is 0 Å². The van der Waals surface area contributed by atoms with Gasteiger partial charge in [-0.25, -0.2) is 13.6 Å². The van der Waals surface area contributed by atoms with Gasteiger partial charge in [0.05, 0.1) is 21.1 Å². The average molecular weight is 351 g/mol. The lowest BCUT2D eigenvalue weighted by molar-refractivity contribution is 0.0754. The zero-order valence-corrected chi connectivity index (χ0v) is 15.1. The first kappa shape index (κ1) is 17.2. The number of hydrogen-bond donors (Lipinski definition) is 2. The van der Waals surface area contributed by atoms with Crippen LogP contribution in [0.3, 0.4) is 0 Å². The molecule has 0 amide bonds. The summed E-state index contributed by atoms with van der Waals surface area (Å²) in [7, 11) is -1.94. The summed E-state index contributed by atoms with van der Waals surface area (Å²) in [6.07, 6.45) is 1.05. The minimum Gasteiger partial charge on any atom is -0.380 e. The first-order valence-corrected chi connectivity index (χ1v) is 10.0. The standard InChI is InChI=1S/C13H22N2O3S3/c1-5-6-15-11-9-7-10(21(14,16)17)19-12(9)20-13(11,3)8(2)18-4/h7-8,11,15H,5-6H2,1-4H3,(H2,14,16,17). The van der Waals surface area contributed by atoms with E-state index in [4.69, 9.17) is 9.88 Å². The topological polar surface area (TPSA) is 81.4 Å². The maximum absolute atomic E-state index is 11.5. The molecule has 0 fully saturated rings. The molecule has 3 N–H and O–H groups in total.